The minimum atomic E-state index is -0.0497. The quantitative estimate of drug-likeness (QED) is 0.696. The Labute approximate surface area is 120 Å². The van der Waals surface area contributed by atoms with Crippen molar-refractivity contribution in [1.29, 1.82) is 0 Å². The Morgan fingerprint density at radius 3 is 1.90 bits per heavy atom. The second-order valence-electron chi connectivity index (χ2n) is 9.35. The summed E-state index contributed by atoms with van der Waals surface area (Å²) in [5, 5.41) is 0. The summed E-state index contributed by atoms with van der Waals surface area (Å²) < 4.78 is 5.21. The van der Waals surface area contributed by atoms with Gasteiger partial charge in [-0.2, -0.15) is 0 Å². The first-order valence-corrected chi connectivity index (χ1v) is 8.49. The van der Waals surface area contributed by atoms with E-state index in [1.54, 1.807) is 7.05 Å². The lowest BCUT2D eigenvalue weighted by atomic mass is 9.73. The van der Waals surface area contributed by atoms with Gasteiger partial charge in [0.1, 0.15) is 0 Å². The van der Waals surface area contributed by atoms with Crippen LogP contribution in [0.15, 0.2) is 9.59 Å². The van der Waals surface area contributed by atoms with Crippen LogP contribution in [-0.2, 0) is 7.05 Å². The summed E-state index contributed by atoms with van der Waals surface area (Å²) in [5.41, 5.74) is 1.41. The SMILES string of the molecule is Cn1c(=O)n2n(c1=O)[C@@H]1[C@H]3C4C5[C@@]6(CC7(CC7)C[C@@]516)[C@@H]2[C@@H]43. The molecule has 5 nitrogen and oxygen atoms in total. The summed E-state index contributed by atoms with van der Waals surface area (Å²) in [6, 6.07) is 0.757. The normalized spacial score (nSPS) is 62.9. The standard InChI is InChI=1S/C16H17N3O2/c1-17-12(20)18-10-7-6-8(7)11(19(18)13(17)21)16-5-14(2-3-14)4-15(10,16)9(6)16/h6-11H,2-5H2,1H3/t6?,7-,8-,9?,10-,11+,15-,16+/m0/s1. The zero-order chi connectivity index (χ0) is 13.7. The summed E-state index contributed by atoms with van der Waals surface area (Å²) in [5.74, 6) is 3.23. The topological polar surface area (TPSA) is 48.9 Å². The molecule has 2 unspecified atom stereocenters. The molecule has 0 radical (unpaired) electrons. The Morgan fingerprint density at radius 1 is 0.905 bits per heavy atom. The molecule has 0 N–H and O–H groups in total. The molecule has 6 fully saturated rings. The number of hydrogen-bond acceptors (Lipinski definition) is 2. The molecule has 9 rings (SSSR count). The summed E-state index contributed by atoms with van der Waals surface area (Å²) in [4.78, 5) is 25.3. The molecule has 21 heavy (non-hydrogen) atoms. The van der Waals surface area contributed by atoms with Gasteiger partial charge >= 0.3 is 11.4 Å². The molecule has 2 aliphatic heterocycles. The summed E-state index contributed by atoms with van der Waals surface area (Å²) in [6.07, 6.45) is 5.57. The zero-order valence-electron chi connectivity index (χ0n) is 12.0. The zero-order valence-corrected chi connectivity index (χ0v) is 12.0. The van der Waals surface area contributed by atoms with E-state index >= 15 is 0 Å². The van der Waals surface area contributed by atoms with Crippen molar-refractivity contribution in [3.8, 4) is 0 Å². The van der Waals surface area contributed by atoms with Crippen LogP contribution in [0.3, 0.4) is 0 Å². The van der Waals surface area contributed by atoms with Crippen molar-refractivity contribution >= 4 is 0 Å². The first-order chi connectivity index (χ1) is 10.1. The van der Waals surface area contributed by atoms with Crippen molar-refractivity contribution in [2.75, 3.05) is 0 Å². The van der Waals surface area contributed by atoms with Crippen LogP contribution in [0.2, 0.25) is 0 Å². The number of nitrogens with zero attached hydrogens (tertiary/aromatic N) is 3. The number of hydrogen-bond donors (Lipinski definition) is 0. The lowest BCUT2D eigenvalue weighted by Gasteiger charge is -2.45. The van der Waals surface area contributed by atoms with Crippen molar-refractivity contribution in [2.45, 2.75) is 37.8 Å². The van der Waals surface area contributed by atoms with Gasteiger partial charge in [-0.25, -0.2) is 23.5 Å². The van der Waals surface area contributed by atoms with E-state index in [0.717, 1.165) is 23.7 Å². The Kier molecular flexibility index (Phi) is 0.943. The minimum absolute atomic E-state index is 0.0497. The average Bonchev–Trinajstić information content (AvgIpc) is 3.34. The monoisotopic (exact) mass is 283 g/mol. The summed E-state index contributed by atoms with van der Waals surface area (Å²) in [7, 11) is 1.65. The summed E-state index contributed by atoms with van der Waals surface area (Å²) >= 11 is 0. The van der Waals surface area contributed by atoms with Crippen molar-refractivity contribution in [3.05, 3.63) is 21.0 Å². The first kappa shape index (κ1) is 9.70. The van der Waals surface area contributed by atoms with E-state index in [1.165, 1.54) is 30.3 Å². The maximum Gasteiger partial charge on any atom is 0.347 e. The van der Waals surface area contributed by atoms with Gasteiger partial charge in [0.25, 0.3) is 0 Å². The average molecular weight is 283 g/mol. The van der Waals surface area contributed by atoms with Gasteiger partial charge in [0.05, 0.1) is 12.1 Å². The molecule has 1 aromatic rings. The van der Waals surface area contributed by atoms with Crippen molar-refractivity contribution < 1.29 is 0 Å². The number of aromatic nitrogens is 3. The van der Waals surface area contributed by atoms with E-state index in [9.17, 15) is 9.59 Å². The predicted octanol–water partition coefficient (Wildman–Crippen LogP) is 0.510. The van der Waals surface area contributed by atoms with Crippen molar-refractivity contribution in [2.24, 2.45) is 47.0 Å². The van der Waals surface area contributed by atoms with Crippen LogP contribution < -0.4 is 11.4 Å². The molecule has 1 aromatic heterocycles. The molecule has 0 amide bonds. The summed E-state index contributed by atoms with van der Waals surface area (Å²) in [6.45, 7) is 0. The van der Waals surface area contributed by atoms with Gasteiger partial charge in [-0.15, -0.1) is 0 Å². The van der Waals surface area contributed by atoms with Crippen LogP contribution in [0.5, 0.6) is 0 Å². The molecule has 0 aromatic carbocycles. The molecule has 3 heterocycles. The van der Waals surface area contributed by atoms with E-state index in [0.29, 0.717) is 28.3 Å². The molecule has 2 bridgehead atoms. The van der Waals surface area contributed by atoms with Crippen LogP contribution in [0.1, 0.15) is 37.8 Å². The van der Waals surface area contributed by atoms with Gasteiger partial charge in [0.2, 0.25) is 0 Å². The minimum Gasteiger partial charge on any atom is -0.246 e. The maximum absolute atomic E-state index is 12.6. The molecular formula is C16H17N3O2. The van der Waals surface area contributed by atoms with E-state index in [-0.39, 0.29) is 11.4 Å². The van der Waals surface area contributed by atoms with Crippen LogP contribution in [-0.4, -0.2) is 13.9 Å². The van der Waals surface area contributed by atoms with Gasteiger partial charge in [0.15, 0.2) is 0 Å². The van der Waals surface area contributed by atoms with E-state index in [4.69, 9.17) is 0 Å². The Morgan fingerprint density at radius 2 is 1.43 bits per heavy atom. The van der Waals surface area contributed by atoms with Crippen LogP contribution in [0, 0.1) is 39.9 Å². The molecule has 0 saturated heterocycles. The largest absolute Gasteiger partial charge is 0.347 e. The number of rotatable bonds is 0. The van der Waals surface area contributed by atoms with Crippen LogP contribution >= 0.6 is 0 Å². The lowest BCUT2D eigenvalue weighted by Crippen LogP contribution is -2.51. The van der Waals surface area contributed by atoms with Gasteiger partial charge in [-0.3, -0.25) is 0 Å². The third-order valence-electron chi connectivity index (χ3n) is 9.27. The fraction of sp³-hybridized carbons (Fsp3) is 0.875. The Balaban J connectivity index is 1.55. The highest BCUT2D eigenvalue weighted by Gasteiger charge is 3.05. The maximum atomic E-state index is 12.6. The Hall–Kier alpha value is -1.26. The lowest BCUT2D eigenvalue weighted by molar-refractivity contribution is 0.0178. The highest BCUT2D eigenvalue weighted by molar-refractivity contribution is 5.52. The molecular weight excluding hydrogens is 266 g/mol. The highest BCUT2D eigenvalue weighted by atomic mass is 16.2. The second kappa shape index (κ2) is 2.04. The molecule has 3 spiro atoms. The fourth-order valence-electron chi connectivity index (χ4n) is 9.08. The Bertz CT molecular complexity index is 865. The molecule has 6 saturated carbocycles. The molecule has 8 atom stereocenters. The fourth-order valence-corrected chi connectivity index (χ4v) is 9.08. The van der Waals surface area contributed by atoms with Gasteiger partial charge in [-0.05, 0) is 54.8 Å². The molecule has 6 aliphatic carbocycles. The van der Waals surface area contributed by atoms with Gasteiger partial charge in [0, 0.05) is 17.9 Å². The molecule has 108 valence electrons. The van der Waals surface area contributed by atoms with E-state index in [1.807, 2.05) is 9.36 Å². The van der Waals surface area contributed by atoms with Crippen molar-refractivity contribution in [3.63, 3.8) is 0 Å². The van der Waals surface area contributed by atoms with Crippen molar-refractivity contribution in [1.82, 2.24) is 13.9 Å². The van der Waals surface area contributed by atoms with Gasteiger partial charge in [-0.1, -0.05) is 0 Å². The predicted molar refractivity (Wildman–Crippen MR) is 71.7 cm³/mol. The van der Waals surface area contributed by atoms with Crippen LogP contribution in [0.4, 0.5) is 0 Å². The third kappa shape index (κ3) is 0.561. The smallest absolute Gasteiger partial charge is 0.246 e. The molecule has 5 heteroatoms. The van der Waals surface area contributed by atoms with Gasteiger partial charge < -0.3 is 0 Å². The van der Waals surface area contributed by atoms with Crippen LogP contribution in [0.25, 0.3) is 0 Å². The third-order valence-corrected chi connectivity index (χ3v) is 9.27. The van der Waals surface area contributed by atoms with E-state index < -0.39 is 0 Å². The molecule has 8 aliphatic rings. The second-order valence-corrected chi connectivity index (χ2v) is 9.35. The van der Waals surface area contributed by atoms with E-state index in [2.05, 4.69) is 0 Å². The first-order valence-electron chi connectivity index (χ1n) is 8.49. The highest BCUT2D eigenvalue weighted by Crippen LogP contribution is 3.08.